The number of likely N-dealkylation sites (tertiary alicyclic amines) is 1. The normalized spacial score (nSPS) is 17.0. The van der Waals surface area contributed by atoms with E-state index in [2.05, 4.69) is 10.2 Å². The van der Waals surface area contributed by atoms with Gasteiger partial charge in [0.15, 0.2) is 0 Å². The number of hydrogen-bond donors (Lipinski definition) is 1. The first kappa shape index (κ1) is 21.0. The van der Waals surface area contributed by atoms with Crippen molar-refractivity contribution >= 4 is 17.6 Å². The zero-order chi connectivity index (χ0) is 20.8. The molecule has 1 heterocycles. The maximum Gasteiger partial charge on any atom is 0.338 e. The Morgan fingerprint density at radius 2 is 1.97 bits per heavy atom. The lowest BCUT2D eigenvalue weighted by atomic mass is 9.96. The van der Waals surface area contributed by atoms with Gasteiger partial charge >= 0.3 is 5.97 Å². The molecule has 1 fully saturated rings. The number of rotatable bonds is 6. The number of benzene rings is 2. The second-order valence-corrected chi connectivity index (χ2v) is 7.39. The minimum absolute atomic E-state index is 0.0436. The largest absolute Gasteiger partial charge is 0.462 e. The van der Waals surface area contributed by atoms with Crippen LogP contribution in [-0.2, 0) is 16.1 Å². The van der Waals surface area contributed by atoms with Crippen molar-refractivity contribution in [1.82, 2.24) is 4.90 Å². The molecule has 0 spiro atoms. The number of halogens is 1. The number of esters is 1. The van der Waals surface area contributed by atoms with E-state index < -0.39 is 0 Å². The maximum absolute atomic E-state index is 13.1. The van der Waals surface area contributed by atoms with Crippen LogP contribution in [0.15, 0.2) is 42.5 Å². The third kappa shape index (κ3) is 5.41. The van der Waals surface area contributed by atoms with E-state index in [1.54, 1.807) is 37.3 Å². The standard InChI is InChI=1S/C23H27FN2O3/c1-3-29-23(28)20-7-4-8-21(16(20)2)25-22(27)18-6-5-13-26(15-18)14-17-9-11-19(24)12-10-17/h4,7-12,18H,3,5-6,13-15H2,1-2H3,(H,25,27). The molecule has 2 aromatic rings. The molecule has 1 saturated heterocycles. The van der Waals surface area contributed by atoms with Crippen LogP contribution in [0.25, 0.3) is 0 Å². The topological polar surface area (TPSA) is 58.6 Å². The minimum atomic E-state index is -0.385. The van der Waals surface area contributed by atoms with Gasteiger partial charge in [-0.15, -0.1) is 0 Å². The number of carbonyl (C=O) groups is 2. The molecule has 154 valence electrons. The number of anilines is 1. The van der Waals surface area contributed by atoms with Crippen molar-refractivity contribution in [3.05, 3.63) is 65.0 Å². The predicted octanol–water partition coefficient (Wildman–Crippen LogP) is 4.16. The molecule has 0 aliphatic carbocycles. The Morgan fingerprint density at radius 1 is 1.21 bits per heavy atom. The molecule has 0 radical (unpaired) electrons. The number of amides is 1. The monoisotopic (exact) mass is 398 g/mol. The van der Waals surface area contributed by atoms with Crippen LogP contribution in [-0.4, -0.2) is 36.5 Å². The van der Waals surface area contributed by atoms with Crippen molar-refractivity contribution in [2.24, 2.45) is 5.92 Å². The number of ether oxygens (including phenoxy) is 1. The van der Waals surface area contributed by atoms with Gasteiger partial charge in [-0.05, 0) is 68.6 Å². The number of nitrogens with one attached hydrogen (secondary N) is 1. The zero-order valence-corrected chi connectivity index (χ0v) is 16.9. The fourth-order valence-electron chi connectivity index (χ4n) is 3.70. The number of nitrogens with zero attached hydrogens (tertiary/aromatic N) is 1. The fourth-order valence-corrected chi connectivity index (χ4v) is 3.70. The molecule has 3 rings (SSSR count). The van der Waals surface area contributed by atoms with E-state index in [0.29, 0.717) is 36.5 Å². The third-order valence-electron chi connectivity index (χ3n) is 5.28. The lowest BCUT2D eigenvalue weighted by Crippen LogP contribution is -2.40. The fraction of sp³-hybridized carbons (Fsp3) is 0.391. The number of hydrogen-bond acceptors (Lipinski definition) is 4. The number of piperidine rings is 1. The third-order valence-corrected chi connectivity index (χ3v) is 5.28. The first-order valence-electron chi connectivity index (χ1n) is 10.0. The molecule has 1 amide bonds. The highest BCUT2D eigenvalue weighted by molar-refractivity contribution is 5.97. The Labute approximate surface area is 170 Å². The Hall–Kier alpha value is -2.73. The van der Waals surface area contributed by atoms with Crippen molar-refractivity contribution in [1.29, 1.82) is 0 Å². The van der Waals surface area contributed by atoms with E-state index in [4.69, 9.17) is 4.74 Å². The highest BCUT2D eigenvalue weighted by Gasteiger charge is 2.26. The molecule has 2 aromatic carbocycles. The minimum Gasteiger partial charge on any atom is -0.462 e. The molecule has 0 bridgehead atoms. The molecular weight excluding hydrogens is 371 g/mol. The summed E-state index contributed by atoms with van der Waals surface area (Å²) < 4.78 is 18.2. The first-order chi connectivity index (χ1) is 14.0. The molecule has 1 atom stereocenters. The summed E-state index contributed by atoms with van der Waals surface area (Å²) in [5.41, 5.74) is 2.84. The summed E-state index contributed by atoms with van der Waals surface area (Å²) >= 11 is 0. The molecule has 1 unspecified atom stereocenters. The summed E-state index contributed by atoms with van der Waals surface area (Å²) in [6.07, 6.45) is 1.75. The van der Waals surface area contributed by atoms with Crippen LogP contribution in [0.1, 0.15) is 41.3 Å². The lowest BCUT2D eigenvalue weighted by Gasteiger charge is -2.32. The van der Waals surface area contributed by atoms with Gasteiger partial charge in [0.05, 0.1) is 18.1 Å². The van der Waals surface area contributed by atoms with Crippen molar-refractivity contribution in [3.63, 3.8) is 0 Å². The molecule has 5 nitrogen and oxygen atoms in total. The van der Waals surface area contributed by atoms with Gasteiger partial charge in [0.25, 0.3) is 0 Å². The highest BCUT2D eigenvalue weighted by atomic mass is 19.1. The number of carbonyl (C=O) groups excluding carboxylic acids is 2. The second-order valence-electron chi connectivity index (χ2n) is 7.39. The van der Waals surface area contributed by atoms with Crippen LogP contribution in [0.5, 0.6) is 0 Å². The van der Waals surface area contributed by atoms with Gasteiger partial charge in [-0.3, -0.25) is 9.69 Å². The van der Waals surface area contributed by atoms with Gasteiger partial charge in [0.1, 0.15) is 5.82 Å². The van der Waals surface area contributed by atoms with E-state index in [1.165, 1.54) is 12.1 Å². The van der Waals surface area contributed by atoms with Crippen LogP contribution in [0.3, 0.4) is 0 Å². The lowest BCUT2D eigenvalue weighted by molar-refractivity contribution is -0.121. The van der Waals surface area contributed by atoms with Gasteiger partial charge in [0.2, 0.25) is 5.91 Å². The van der Waals surface area contributed by atoms with Crippen molar-refractivity contribution in [2.45, 2.75) is 33.2 Å². The quantitative estimate of drug-likeness (QED) is 0.743. The molecule has 1 aliphatic heterocycles. The van der Waals surface area contributed by atoms with E-state index in [-0.39, 0.29) is 23.6 Å². The summed E-state index contributed by atoms with van der Waals surface area (Å²) in [4.78, 5) is 27.2. The molecule has 1 aliphatic rings. The van der Waals surface area contributed by atoms with Crippen molar-refractivity contribution < 1.29 is 18.7 Å². The summed E-state index contributed by atoms with van der Waals surface area (Å²) in [5.74, 6) is -0.804. The van der Waals surface area contributed by atoms with Crippen molar-refractivity contribution in [2.75, 3.05) is 25.0 Å². The van der Waals surface area contributed by atoms with Crippen LogP contribution in [0.2, 0.25) is 0 Å². The Kier molecular flexibility index (Phi) is 6.99. The van der Waals surface area contributed by atoms with Gasteiger partial charge in [-0.25, -0.2) is 9.18 Å². The van der Waals surface area contributed by atoms with E-state index >= 15 is 0 Å². The van der Waals surface area contributed by atoms with Gasteiger partial charge in [-0.2, -0.15) is 0 Å². The molecule has 29 heavy (non-hydrogen) atoms. The Balaban J connectivity index is 1.64. The van der Waals surface area contributed by atoms with Gasteiger partial charge in [0, 0.05) is 18.8 Å². The van der Waals surface area contributed by atoms with E-state index in [1.807, 2.05) is 6.92 Å². The molecule has 0 aromatic heterocycles. The van der Waals surface area contributed by atoms with Crippen LogP contribution < -0.4 is 5.32 Å². The molecule has 1 N–H and O–H groups in total. The van der Waals surface area contributed by atoms with Crippen LogP contribution in [0, 0.1) is 18.7 Å². The molecule has 6 heteroatoms. The zero-order valence-electron chi connectivity index (χ0n) is 16.9. The SMILES string of the molecule is CCOC(=O)c1cccc(NC(=O)C2CCCN(Cc3ccc(F)cc3)C2)c1C. The molecular formula is C23H27FN2O3. The summed E-state index contributed by atoms with van der Waals surface area (Å²) in [6.45, 7) is 6.14. The van der Waals surface area contributed by atoms with E-state index in [0.717, 1.165) is 24.9 Å². The summed E-state index contributed by atoms with van der Waals surface area (Å²) in [7, 11) is 0. The van der Waals surface area contributed by atoms with Crippen LogP contribution >= 0.6 is 0 Å². The van der Waals surface area contributed by atoms with Gasteiger partial charge in [-0.1, -0.05) is 18.2 Å². The van der Waals surface area contributed by atoms with Crippen LogP contribution in [0.4, 0.5) is 10.1 Å². The maximum atomic E-state index is 13.1. The smallest absolute Gasteiger partial charge is 0.338 e. The highest BCUT2D eigenvalue weighted by Crippen LogP contribution is 2.24. The second kappa shape index (κ2) is 9.65. The van der Waals surface area contributed by atoms with E-state index in [9.17, 15) is 14.0 Å². The Morgan fingerprint density at radius 3 is 2.69 bits per heavy atom. The van der Waals surface area contributed by atoms with Crippen molar-refractivity contribution in [3.8, 4) is 0 Å². The Bertz CT molecular complexity index is 867. The average molecular weight is 398 g/mol. The summed E-state index contributed by atoms with van der Waals surface area (Å²) in [5, 5.41) is 2.99. The molecule has 0 saturated carbocycles. The average Bonchev–Trinajstić information content (AvgIpc) is 2.71. The summed E-state index contributed by atoms with van der Waals surface area (Å²) in [6, 6.07) is 11.7. The predicted molar refractivity (Wildman–Crippen MR) is 110 cm³/mol. The van der Waals surface area contributed by atoms with Gasteiger partial charge < -0.3 is 10.1 Å². The first-order valence-corrected chi connectivity index (χ1v) is 10.0.